The van der Waals surface area contributed by atoms with Crippen LogP contribution < -0.4 is 10.8 Å². The zero-order valence-corrected chi connectivity index (χ0v) is 24.3. The number of nitrogens with two attached hydrogens (primary N) is 1. The molecule has 5 aromatic rings. The van der Waals surface area contributed by atoms with Crippen LogP contribution in [0.5, 0.6) is 0 Å². The van der Waals surface area contributed by atoms with Gasteiger partial charge in [-0.1, -0.05) is 55.5 Å². The lowest BCUT2D eigenvalue weighted by molar-refractivity contribution is -0.126. The summed E-state index contributed by atoms with van der Waals surface area (Å²) in [5, 5.41) is 8.41. The molecule has 1 aliphatic rings. The number of nitrogens with one attached hydrogen (secondary N) is 2. The van der Waals surface area contributed by atoms with Crippen LogP contribution in [0.15, 0.2) is 79.3 Å². The Morgan fingerprint density at radius 2 is 1.90 bits per heavy atom. The highest BCUT2D eigenvalue weighted by molar-refractivity contribution is 7.51. The van der Waals surface area contributed by atoms with Gasteiger partial charge in [0, 0.05) is 23.6 Å². The number of aromatic amines is 1. The molecule has 0 bridgehead atoms. The van der Waals surface area contributed by atoms with E-state index in [1.165, 1.54) is 6.33 Å². The van der Waals surface area contributed by atoms with E-state index in [0.29, 0.717) is 30.0 Å². The van der Waals surface area contributed by atoms with Gasteiger partial charge in [0.25, 0.3) is 0 Å². The molecule has 1 saturated heterocycles. The van der Waals surface area contributed by atoms with Crippen molar-refractivity contribution in [3.05, 3.63) is 96.1 Å². The van der Waals surface area contributed by atoms with Crippen LogP contribution in [0.25, 0.3) is 16.4 Å². The van der Waals surface area contributed by atoms with Gasteiger partial charge in [-0.25, -0.2) is 19.2 Å². The zero-order chi connectivity index (χ0) is 29.3. The summed E-state index contributed by atoms with van der Waals surface area (Å²) in [7, 11) is -3.84. The number of anilines is 1. The molecule has 6 rings (SSSR count). The van der Waals surface area contributed by atoms with Gasteiger partial charge in [0.2, 0.25) is 0 Å². The third-order valence-corrected chi connectivity index (χ3v) is 9.53. The minimum absolute atomic E-state index is 0.0725. The Morgan fingerprint density at radius 3 is 2.74 bits per heavy atom. The van der Waals surface area contributed by atoms with Crippen molar-refractivity contribution >= 4 is 35.8 Å². The molecule has 11 nitrogen and oxygen atoms in total. The van der Waals surface area contributed by atoms with E-state index in [1.54, 1.807) is 17.5 Å². The number of benzene rings is 2. The number of carbonyl (C=O) groups is 1. The van der Waals surface area contributed by atoms with E-state index in [1.807, 2.05) is 73.8 Å². The average Bonchev–Trinajstić information content (AvgIpc) is 3.69. The fourth-order valence-electron chi connectivity index (χ4n) is 5.43. The third kappa shape index (κ3) is 5.37. The fraction of sp³-hybridized carbons (Fsp3) is 0.300. The highest BCUT2D eigenvalue weighted by atomic mass is 31.2. The predicted molar refractivity (Wildman–Crippen MR) is 159 cm³/mol. The molecule has 12 heteroatoms. The van der Waals surface area contributed by atoms with Crippen molar-refractivity contribution in [1.82, 2.24) is 24.7 Å². The molecule has 4 unspecified atom stereocenters. The van der Waals surface area contributed by atoms with Gasteiger partial charge >= 0.3 is 7.75 Å². The summed E-state index contributed by atoms with van der Waals surface area (Å²) < 4.78 is 33.7. The minimum Gasteiger partial charge on any atom is -0.382 e. The number of nitrogens with zero attached hydrogens (tertiary/aromatic N) is 3. The van der Waals surface area contributed by atoms with Gasteiger partial charge in [-0.05, 0) is 42.7 Å². The standard InChI is InChI=1S/C30H33N6O5P/c1-20-28(37)26(41-30(20,2)27-13-12-25-29(31)33-19-34-36(25)27)18-40-42(38,39-17-21-8-4-3-5-9-21)35-15-14-22-16-32-24-11-7-6-10-23(22)24/h3-13,16,19-20,26,32H,14-15,17-18H2,1-2H3,(H,35,38)(H2,31,33,34). The molecule has 0 spiro atoms. The van der Waals surface area contributed by atoms with Crippen molar-refractivity contribution in [2.24, 2.45) is 5.92 Å². The Bertz CT molecular complexity index is 1770. The highest BCUT2D eigenvalue weighted by Crippen LogP contribution is 2.47. The minimum atomic E-state index is -3.84. The molecule has 218 valence electrons. The number of fused-ring (bicyclic) bond motifs is 2. The topological polar surface area (TPSA) is 146 Å². The molecule has 0 aliphatic carbocycles. The van der Waals surface area contributed by atoms with E-state index >= 15 is 0 Å². The Labute approximate surface area is 243 Å². The number of hydrogen-bond acceptors (Lipinski definition) is 8. The number of nitrogen functional groups attached to an aromatic ring is 1. The summed E-state index contributed by atoms with van der Waals surface area (Å²) >= 11 is 0. The Balaban J connectivity index is 1.17. The van der Waals surface area contributed by atoms with Crippen LogP contribution in [0, 0.1) is 5.92 Å². The van der Waals surface area contributed by atoms with E-state index in [4.69, 9.17) is 19.5 Å². The summed E-state index contributed by atoms with van der Waals surface area (Å²) in [4.78, 5) is 20.7. The van der Waals surface area contributed by atoms with Crippen LogP contribution in [0.1, 0.15) is 30.7 Å². The summed E-state index contributed by atoms with van der Waals surface area (Å²) in [5.41, 5.74) is 9.23. The van der Waals surface area contributed by atoms with Crippen molar-refractivity contribution in [2.45, 2.75) is 38.6 Å². The zero-order valence-electron chi connectivity index (χ0n) is 23.4. The smallest absolute Gasteiger partial charge is 0.382 e. The van der Waals surface area contributed by atoms with Gasteiger partial charge in [-0.15, -0.1) is 0 Å². The molecule has 1 fully saturated rings. The second-order valence-electron chi connectivity index (χ2n) is 10.6. The third-order valence-electron chi connectivity index (χ3n) is 7.96. The predicted octanol–water partition coefficient (Wildman–Crippen LogP) is 4.79. The lowest BCUT2D eigenvalue weighted by atomic mass is 9.86. The molecule has 2 aromatic carbocycles. The fourth-order valence-corrected chi connectivity index (χ4v) is 6.72. The first kappa shape index (κ1) is 28.3. The maximum absolute atomic E-state index is 14.0. The summed E-state index contributed by atoms with van der Waals surface area (Å²) in [6.07, 6.45) is 2.94. The van der Waals surface area contributed by atoms with Crippen molar-refractivity contribution in [3.63, 3.8) is 0 Å². The van der Waals surface area contributed by atoms with Crippen LogP contribution >= 0.6 is 7.75 Å². The highest BCUT2D eigenvalue weighted by Gasteiger charge is 2.52. The number of hydrogen-bond donors (Lipinski definition) is 3. The number of ether oxygens (including phenoxy) is 1. The van der Waals surface area contributed by atoms with Crippen LogP contribution in [-0.2, 0) is 41.8 Å². The van der Waals surface area contributed by atoms with Crippen LogP contribution in [0.4, 0.5) is 5.82 Å². The lowest BCUT2D eigenvalue weighted by Gasteiger charge is -2.27. The van der Waals surface area contributed by atoms with Gasteiger partial charge in [0.15, 0.2) is 11.6 Å². The first-order valence-electron chi connectivity index (χ1n) is 13.8. The number of para-hydroxylation sites is 1. The molecule has 0 saturated carbocycles. The van der Waals surface area contributed by atoms with Crippen molar-refractivity contribution in [1.29, 1.82) is 0 Å². The molecule has 4 atom stereocenters. The quantitative estimate of drug-likeness (QED) is 0.186. The van der Waals surface area contributed by atoms with Gasteiger partial charge in [0.05, 0.1) is 24.8 Å². The van der Waals surface area contributed by atoms with E-state index < -0.39 is 25.4 Å². The van der Waals surface area contributed by atoms with Crippen LogP contribution in [-0.4, -0.2) is 44.6 Å². The van der Waals surface area contributed by atoms with Gasteiger partial charge < -0.3 is 15.5 Å². The molecule has 4 N–H and O–H groups in total. The monoisotopic (exact) mass is 588 g/mol. The van der Waals surface area contributed by atoms with E-state index in [9.17, 15) is 9.36 Å². The normalized spacial score (nSPS) is 22.2. The molecular weight excluding hydrogens is 555 g/mol. The van der Waals surface area contributed by atoms with Crippen molar-refractivity contribution in [2.75, 3.05) is 18.9 Å². The summed E-state index contributed by atoms with van der Waals surface area (Å²) in [5.74, 6) is -0.366. The average molecular weight is 589 g/mol. The number of H-pyrrole nitrogens is 1. The summed E-state index contributed by atoms with van der Waals surface area (Å²) in [6, 6.07) is 21.0. The van der Waals surface area contributed by atoms with E-state index in [0.717, 1.165) is 22.0 Å². The molecule has 0 amide bonds. The molecule has 3 aromatic heterocycles. The van der Waals surface area contributed by atoms with E-state index in [2.05, 4.69) is 20.2 Å². The van der Waals surface area contributed by atoms with Gasteiger partial charge in [-0.2, -0.15) is 5.10 Å². The summed E-state index contributed by atoms with van der Waals surface area (Å²) in [6.45, 7) is 3.80. The maximum Gasteiger partial charge on any atom is 0.405 e. The second kappa shape index (κ2) is 11.4. The number of Topliss-reactive ketones (excluding diaryl/α,β-unsaturated/α-hetero) is 1. The Hall–Kier alpha value is -3.86. The largest absolute Gasteiger partial charge is 0.405 e. The first-order valence-corrected chi connectivity index (χ1v) is 15.3. The molecule has 1 aliphatic heterocycles. The molecule has 4 heterocycles. The molecule has 0 radical (unpaired) electrons. The van der Waals surface area contributed by atoms with Crippen molar-refractivity contribution in [3.8, 4) is 0 Å². The molecule has 42 heavy (non-hydrogen) atoms. The lowest BCUT2D eigenvalue weighted by Crippen LogP contribution is -2.31. The van der Waals surface area contributed by atoms with Crippen LogP contribution in [0.3, 0.4) is 0 Å². The van der Waals surface area contributed by atoms with Gasteiger partial charge in [0.1, 0.15) is 23.5 Å². The van der Waals surface area contributed by atoms with Crippen molar-refractivity contribution < 1.29 is 23.1 Å². The number of aromatic nitrogens is 4. The Morgan fingerprint density at radius 1 is 1.12 bits per heavy atom. The maximum atomic E-state index is 14.0. The van der Waals surface area contributed by atoms with Crippen LogP contribution in [0.2, 0.25) is 0 Å². The second-order valence-corrected chi connectivity index (χ2v) is 12.4. The number of ketones is 1. The SMILES string of the molecule is CC1C(=O)C(COP(=O)(NCCc2c[nH]c3ccccc23)OCc2ccccc2)OC1(C)c1ccc2c(N)ncnn12. The Kier molecular flexibility index (Phi) is 7.69. The van der Waals surface area contributed by atoms with Gasteiger partial charge in [-0.3, -0.25) is 13.8 Å². The van der Waals surface area contributed by atoms with E-state index in [-0.39, 0.29) is 19.0 Å². The molecular formula is C30H33N6O5P. The first-order chi connectivity index (χ1) is 20.3. The number of carbonyl (C=O) groups excluding carboxylic acids is 1. The number of rotatable bonds is 11.